The van der Waals surface area contributed by atoms with Gasteiger partial charge in [0.1, 0.15) is 5.67 Å². The second-order valence-electron chi connectivity index (χ2n) is 10.3. The second-order valence-corrected chi connectivity index (χ2v) is 10.3. The lowest BCUT2D eigenvalue weighted by molar-refractivity contribution is -0.00788. The highest BCUT2D eigenvalue weighted by molar-refractivity contribution is 4.97. The summed E-state index contributed by atoms with van der Waals surface area (Å²) < 4.78 is 29.7. The summed E-state index contributed by atoms with van der Waals surface area (Å²) in [6.07, 6.45) is 8.92. The molecular formula is C22H40F2N4. The molecule has 2 aliphatic carbocycles. The number of likely N-dealkylation sites (tertiary alicyclic amines) is 1. The van der Waals surface area contributed by atoms with E-state index in [1.165, 1.54) is 19.3 Å². The van der Waals surface area contributed by atoms with Crippen LogP contribution in [-0.4, -0.2) is 54.9 Å². The molecule has 4 rings (SSSR count). The second kappa shape index (κ2) is 8.83. The van der Waals surface area contributed by atoms with Crippen LogP contribution in [0.3, 0.4) is 0 Å². The van der Waals surface area contributed by atoms with Crippen LogP contribution in [-0.2, 0) is 0 Å². The monoisotopic (exact) mass is 398 g/mol. The van der Waals surface area contributed by atoms with E-state index >= 15 is 4.39 Å². The summed E-state index contributed by atoms with van der Waals surface area (Å²) in [6.45, 7) is 6.01. The molecule has 2 saturated carbocycles. The van der Waals surface area contributed by atoms with E-state index in [0.717, 1.165) is 57.5 Å². The molecule has 4 unspecified atom stereocenters. The molecule has 2 saturated heterocycles. The van der Waals surface area contributed by atoms with Crippen LogP contribution < -0.4 is 16.0 Å². The van der Waals surface area contributed by atoms with E-state index in [2.05, 4.69) is 20.9 Å². The van der Waals surface area contributed by atoms with Crippen molar-refractivity contribution in [1.82, 2.24) is 20.9 Å². The molecule has 2 heterocycles. The molecule has 2 aliphatic heterocycles. The molecule has 0 aromatic heterocycles. The van der Waals surface area contributed by atoms with Crippen LogP contribution in [0.2, 0.25) is 0 Å². The van der Waals surface area contributed by atoms with Gasteiger partial charge in [-0.1, -0.05) is 6.42 Å². The molecule has 0 amide bonds. The highest BCUT2D eigenvalue weighted by atomic mass is 19.1. The third kappa shape index (κ3) is 4.55. The van der Waals surface area contributed by atoms with E-state index in [1.54, 1.807) is 13.8 Å². The van der Waals surface area contributed by atoms with Crippen LogP contribution in [0.4, 0.5) is 8.78 Å². The van der Waals surface area contributed by atoms with Crippen molar-refractivity contribution in [1.29, 1.82) is 0 Å². The molecule has 0 radical (unpaired) electrons. The molecule has 4 atom stereocenters. The van der Waals surface area contributed by atoms with Gasteiger partial charge in [-0.25, -0.2) is 8.78 Å². The minimum atomic E-state index is -1.07. The first-order chi connectivity index (χ1) is 13.4. The summed E-state index contributed by atoms with van der Waals surface area (Å²) in [5, 5.41) is 10.1. The van der Waals surface area contributed by atoms with Crippen molar-refractivity contribution in [2.45, 2.75) is 102 Å². The third-order valence-corrected chi connectivity index (χ3v) is 8.09. The fourth-order valence-corrected chi connectivity index (χ4v) is 6.01. The maximum atomic E-state index is 15.4. The Labute approximate surface area is 169 Å². The number of rotatable bonds is 6. The Morgan fingerprint density at radius 2 is 1.75 bits per heavy atom. The quantitative estimate of drug-likeness (QED) is 0.640. The molecule has 0 aromatic carbocycles. The maximum absolute atomic E-state index is 15.4. The summed E-state index contributed by atoms with van der Waals surface area (Å²) >= 11 is 0. The Morgan fingerprint density at radius 3 is 2.39 bits per heavy atom. The van der Waals surface area contributed by atoms with E-state index in [0.29, 0.717) is 18.6 Å². The van der Waals surface area contributed by atoms with Crippen LogP contribution in [0.5, 0.6) is 0 Å². The Balaban J connectivity index is 1.33. The highest BCUT2D eigenvalue weighted by Gasteiger charge is 2.44. The lowest BCUT2D eigenvalue weighted by atomic mass is 9.73. The third-order valence-electron chi connectivity index (χ3n) is 8.09. The standard InChI is InChI=1S/C22H40F2N4/c1-22(2,24)17-10-8-16(9-11-17)18-7-4-12-28(18)21-19(23)20(26-14-27-21)25-13-15-5-3-6-15/h15-21,25-27H,3-14H2,1-2H3. The first kappa shape index (κ1) is 21.0. The molecule has 0 spiro atoms. The molecule has 0 bridgehead atoms. The van der Waals surface area contributed by atoms with Crippen molar-refractivity contribution in [3.63, 3.8) is 0 Å². The van der Waals surface area contributed by atoms with Gasteiger partial charge in [0.25, 0.3) is 0 Å². The summed E-state index contributed by atoms with van der Waals surface area (Å²) in [5.74, 6) is 1.51. The van der Waals surface area contributed by atoms with Gasteiger partial charge in [0.05, 0.1) is 12.3 Å². The van der Waals surface area contributed by atoms with Crippen molar-refractivity contribution in [3.05, 3.63) is 0 Å². The molecule has 162 valence electrons. The van der Waals surface area contributed by atoms with Gasteiger partial charge in [0.2, 0.25) is 0 Å². The van der Waals surface area contributed by atoms with E-state index in [4.69, 9.17) is 0 Å². The van der Waals surface area contributed by atoms with Crippen LogP contribution >= 0.6 is 0 Å². The maximum Gasteiger partial charge on any atom is 0.157 e. The largest absolute Gasteiger partial charge is 0.299 e. The van der Waals surface area contributed by atoms with Gasteiger partial charge in [0, 0.05) is 19.3 Å². The molecule has 6 heteroatoms. The normalized spacial score (nSPS) is 41.1. The summed E-state index contributed by atoms with van der Waals surface area (Å²) in [6, 6.07) is 0.449. The first-order valence-electron chi connectivity index (χ1n) is 11.7. The average molecular weight is 399 g/mol. The van der Waals surface area contributed by atoms with E-state index in [9.17, 15) is 4.39 Å². The average Bonchev–Trinajstić information content (AvgIpc) is 3.10. The molecular weight excluding hydrogens is 358 g/mol. The number of nitrogens with zero attached hydrogens (tertiary/aromatic N) is 1. The summed E-state index contributed by atoms with van der Waals surface area (Å²) in [7, 11) is 0. The zero-order chi connectivity index (χ0) is 19.7. The van der Waals surface area contributed by atoms with Crippen molar-refractivity contribution < 1.29 is 8.78 Å². The molecule has 4 fully saturated rings. The minimum absolute atomic E-state index is 0.185. The number of alkyl halides is 2. The number of hydrogen-bond donors (Lipinski definition) is 3. The van der Waals surface area contributed by atoms with Gasteiger partial charge in [0.15, 0.2) is 6.17 Å². The Kier molecular flexibility index (Phi) is 6.60. The van der Waals surface area contributed by atoms with Gasteiger partial charge >= 0.3 is 0 Å². The van der Waals surface area contributed by atoms with Crippen LogP contribution in [0.1, 0.15) is 71.6 Å². The lowest BCUT2D eigenvalue weighted by Gasteiger charge is -2.46. The van der Waals surface area contributed by atoms with Gasteiger partial charge < -0.3 is 0 Å². The summed E-state index contributed by atoms with van der Waals surface area (Å²) in [4.78, 5) is 2.41. The van der Waals surface area contributed by atoms with E-state index in [-0.39, 0.29) is 18.2 Å². The molecule has 4 nitrogen and oxygen atoms in total. The van der Waals surface area contributed by atoms with Crippen LogP contribution in [0.15, 0.2) is 0 Å². The zero-order valence-corrected chi connectivity index (χ0v) is 17.7. The number of hydrogen-bond acceptors (Lipinski definition) is 4. The van der Waals surface area contributed by atoms with Crippen molar-refractivity contribution in [3.8, 4) is 0 Å². The topological polar surface area (TPSA) is 39.3 Å². The van der Waals surface area contributed by atoms with Crippen molar-refractivity contribution in [2.75, 3.05) is 19.8 Å². The smallest absolute Gasteiger partial charge is 0.157 e. The molecule has 28 heavy (non-hydrogen) atoms. The Hall–Kier alpha value is -0.300. The Morgan fingerprint density at radius 1 is 1.00 bits per heavy atom. The summed E-state index contributed by atoms with van der Waals surface area (Å²) in [5.41, 5.74) is -1.07. The predicted octanol–water partition coefficient (Wildman–Crippen LogP) is 3.54. The van der Waals surface area contributed by atoms with Gasteiger partial charge in [-0.2, -0.15) is 0 Å². The van der Waals surface area contributed by atoms with E-state index in [1.807, 2.05) is 0 Å². The number of nitrogens with one attached hydrogen (secondary N) is 3. The zero-order valence-electron chi connectivity index (χ0n) is 17.7. The lowest BCUT2D eigenvalue weighted by Crippen LogP contribution is -2.69. The highest BCUT2D eigenvalue weighted by Crippen LogP contribution is 2.42. The molecule has 3 N–H and O–H groups in total. The predicted molar refractivity (Wildman–Crippen MR) is 109 cm³/mol. The van der Waals surface area contributed by atoms with Crippen molar-refractivity contribution >= 4 is 0 Å². The fourth-order valence-electron chi connectivity index (χ4n) is 6.01. The Bertz CT molecular complexity index is 499. The van der Waals surface area contributed by atoms with Crippen LogP contribution in [0.25, 0.3) is 0 Å². The first-order valence-corrected chi connectivity index (χ1v) is 11.7. The van der Waals surface area contributed by atoms with Gasteiger partial charge in [-0.15, -0.1) is 0 Å². The molecule has 4 aliphatic rings. The minimum Gasteiger partial charge on any atom is -0.299 e. The SMILES string of the molecule is CC(C)(F)C1CCC(C2CCCN2C2NCNC(NCC3CCC3)C2F)CC1. The fraction of sp³-hybridized carbons (Fsp3) is 1.00. The van der Waals surface area contributed by atoms with Crippen molar-refractivity contribution in [2.24, 2.45) is 17.8 Å². The van der Waals surface area contributed by atoms with Gasteiger partial charge in [-0.05, 0) is 89.5 Å². The van der Waals surface area contributed by atoms with E-state index < -0.39 is 11.8 Å². The van der Waals surface area contributed by atoms with Gasteiger partial charge in [-0.3, -0.25) is 20.9 Å². The number of halogens is 2. The van der Waals surface area contributed by atoms with Crippen LogP contribution in [0, 0.1) is 17.8 Å². The molecule has 0 aromatic rings.